The van der Waals surface area contributed by atoms with Crippen LogP contribution in [0, 0.1) is 0 Å². The molecular formula is C11H10Cl2N2O2. The van der Waals surface area contributed by atoms with Crippen LogP contribution in [0.2, 0.25) is 10.0 Å². The highest BCUT2D eigenvalue weighted by atomic mass is 35.5. The number of hydrogen-bond acceptors (Lipinski definition) is 2. The van der Waals surface area contributed by atoms with Gasteiger partial charge in [0, 0.05) is 18.0 Å². The standard InChI is InChI=1S/C11H10Cl2N2O2/c12-6-1-2-9(13)8(3-6)11(17)15-7-4-10(16)14-5-7/h1-3,7H,4-5H2,(H,14,16)(H,15,17)/t7-/m1/s1. The van der Waals surface area contributed by atoms with Crippen LogP contribution in [0.5, 0.6) is 0 Å². The highest BCUT2D eigenvalue weighted by Crippen LogP contribution is 2.20. The van der Waals surface area contributed by atoms with Gasteiger partial charge in [0.15, 0.2) is 0 Å². The summed E-state index contributed by atoms with van der Waals surface area (Å²) in [7, 11) is 0. The third kappa shape index (κ3) is 2.90. The van der Waals surface area contributed by atoms with Crippen LogP contribution in [-0.4, -0.2) is 24.4 Å². The Bertz CT molecular complexity index is 477. The van der Waals surface area contributed by atoms with Crippen LogP contribution in [0.1, 0.15) is 16.8 Å². The van der Waals surface area contributed by atoms with Gasteiger partial charge in [0.25, 0.3) is 5.91 Å². The van der Waals surface area contributed by atoms with Crippen molar-refractivity contribution in [3.8, 4) is 0 Å². The van der Waals surface area contributed by atoms with Gasteiger partial charge in [0.2, 0.25) is 5.91 Å². The first-order valence-electron chi connectivity index (χ1n) is 5.09. The van der Waals surface area contributed by atoms with Crippen LogP contribution in [-0.2, 0) is 4.79 Å². The van der Waals surface area contributed by atoms with Gasteiger partial charge in [-0.25, -0.2) is 0 Å². The molecule has 4 nitrogen and oxygen atoms in total. The number of hydrogen-bond donors (Lipinski definition) is 2. The van der Waals surface area contributed by atoms with Crippen LogP contribution in [0.4, 0.5) is 0 Å². The summed E-state index contributed by atoms with van der Waals surface area (Å²) in [6.45, 7) is 0.447. The van der Waals surface area contributed by atoms with Gasteiger partial charge < -0.3 is 10.6 Å². The number of amides is 2. The fourth-order valence-corrected chi connectivity index (χ4v) is 2.02. The van der Waals surface area contributed by atoms with E-state index in [0.29, 0.717) is 28.6 Å². The summed E-state index contributed by atoms with van der Waals surface area (Å²) in [6.07, 6.45) is 0.296. The number of carbonyl (C=O) groups is 2. The van der Waals surface area contributed by atoms with Gasteiger partial charge in [-0.3, -0.25) is 9.59 Å². The molecule has 6 heteroatoms. The van der Waals surface area contributed by atoms with Gasteiger partial charge in [0.1, 0.15) is 0 Å². The van der Waals surface area contributed by atoms with Crippen molar-refractivity contribution in [2.45, 2.75) is 12.5 Å². The summed E-state index contributed by atoms with van der Waals surface area (Å²) in [5, 5.41) is 6.15. The van der Waals surface area contributed by atoms with E-state index in [1.165, 1.54) is 6.07 Å². The summed E-state index contributed by atoms with van der Waals surface area (Å²) in [5.41, 5.74) is 0.318. The molecule has 2 rings (SSSR count). The van der Waals surface area contributed by atoms with E-state index < -0.39 is 0 Å². The Labute approximate surface area is 108 Å². The molecule has 1 fully saturated rings. The molecule has 0 aromatic heterocycles. The van der Waals surface area contributed by atoms with Crippen molar-refractivity contribution < 1.29 is 9.59 Å². The molecule has 1 aromatic rings. The molecule has 1 heterocycles. The molecule has 0 unspecified atom stereocenters. The Kier molecular flexibility index (Phi) is 3.54. The van der Waals surface area contributed by atoms with E-state index in [1.807, 2.05) is 0 Å². The average molecular weight is 273 g/mol. The number of rotatable bonds is 2. The van der Waals surface area contributed by atoms with Crippen LogP contribution >= 0.6 is 23.2 Å². The van der Waals surface area contributed by atoms with E-state index in [1.54, 1.807) is 12.1 Å². The van der Waals surface area contributed by atoms with Gasteiger partial charge in [0.05, 0.1) is 16.6 Å². The number of carbonyl (C=O) groups excluding carboxylic acids is 2. The molecule has 0 aliphatic carbocycles. The number of halogens is 2. The maximum Gasteiger partial charge on any atom is 0.253 e. The number of nitrogens with one attached hydrogen (secondary N) is 2. The zero-order chi connectivity index (χ0) is 12.4. The first-order chi connectivity index (χ1) is 8.06. The second kappa shape index (κ2) is 4.94. The smallest absolute Gasteiger partial charge is 0.253 e. The second-order valence-corrected chi connectivity index (χ2v) is 4.65. The van der Waals surface area contributed by atoms with Crippen LogP contribution in [0.25, 0.3) is 0 Å². The lowest BCUT2D eigenvalue weighted by Crippen LogP contribution is -2.36. The van der Waals surface area contributed by atoms with Gasteiger partial charge in [-0.15, -0.1) is 0 Å². The summed E-state index contributed by atoms with van der Waals surface area (Å²) in [4.78, 5) is 22.9. The first kappa shape index (κ1) is 12.2. The second-order valence-electron chi connectivity index (χ2n) is 3.80. The highest BCUT2D eigenvalue weighted by molar-refractivity contribution is 6.35. The molecule has 0 spiro atoms. The molecule has 2 amide bonds. The minimum Gasteiger partial charge on any atom is -0.354 e. The normalized spacial score (nSPS) is 18.9. The van der Waals surface area contributed by atoms with Crippen molar-refractivity contribution in [1.82, 2.24) is 10.6 Å². The third-order valence-corrected chi connectivity index (χ3v) is 3.05. The summed E-state index contributed by atoms with van der Waals surface area (Å²) in [5.74, 6) is -0.383. The Balaban J connectivity index is 2.09. The minimum absolute atomic E-state index is 0.0625. The van der Waals surface area contributed by atoms with Crippen molar-refractivity contribution in [2.24, 2.45) is 0 Å². The van der Waals surface area contributed by atoms with Crippen molar-refractivity contribution in [3.63, 3.8) is 0 Å². The lowest BCUT2D eigenvalue weighted by Gasteiger charge is -2.11. The van der Waals surface area contributed by atoms with Gasteiger partial charge in [-0.05, 0) is 18.2 Å². The van der Waals surface area contributed by atoms with Gasteiger partial charge >= 0.3 is 0 Å². The maximum atomic E-state index is 11.9. The predicted molar refractivity (Wildman–Crippen MR) is 65.3 cm³/mol. The molecule has 90 valence electrons. The first-order valence-corrected chi connectivity index (χ1v) is 5.84. The Morgan fingerprint density at radius 1 is 1.41 bits per heavy atom. The van der Waals surface area contributed by atoms with Gasteiger partial charge in [-0.2, -0.15) is 0 Å². The van der Waals surface area contributed by atoms with Crippen molar-refractivity contribution >= 4 is 35.0 Å². The SMILES string of the molecule is O=C1C[C@@H](NC(=O)c2cc(Cl)ccc2Cl)CN1. The molecule has 1 aliphatic rings. The lowest BCUT2D eigenvalue weighted by atomic mass is 10.2. The molecule has 17 heavy (non-hydrogen) atoms. The summed E-state index contributed by atoms with van der Waals surface area (Å²) >= 11 is 11.7. The zero-order valence-electron chi connectivity index (χ0n) is 8.80. The zero-order valence-corrected chi connectivity index (χ0v) is 10.3. The maximum absolute atomic E-state index is 11.9. The topological polar surface area (TPSA) is 58.2 Å². The van der Waals surface area contributed by atoms with Crippen molar-refractivity contribution in [2.75, 3.05) is 6.54 Å². The van der Waals surface area contributed by atoms with E-state index in [2.05, 4.69) is 10.6 Å². The summed E-state index contributed by atoms with van der Waals surface area (Å²) in [6, 6.07) is 4.49. The molecule has 0 bridgehead atoms. The number of benzene rings is 1. The lowest BCUT2D eigenvalue weighted by molar-refractivity contribution is -0.119. The van der Waals surface area contributed by atoms with E-state index in [-0.39, 0.29) is 17.9 Å². The fraction of sp³-hybridized carbons (Fsp3) is 0.273. The molecule has 1 aromatic carbocycles. The third-order valence-electron chi connectivity index (χ3n) is 2.49. The van der Waals surface area contributed by atoms with E-state index in [9.17, 15) is 9.59 Å². The molecule has 2 N–H and O–H groups in total. The average Bonchev–Trinajstić information content (AvgIpc) is 2.67. The van der Waals surface area contributed by atoms with E-state index in [4.69, 9.17) is 23.2 Å². The molecule has 1 saturated heterocycles. The molecule has 0 radical (unpaired) electrons. The molecular weight excluding hydrogens is 263 g/mol. The molecule has 0 saturated carbocycles. The monoisotopic (exact) mass is 272 g/mol. The van der Waals surface area contributed by atoms with Crippen molar-refractivity contribution in [1.29, 1.82) is 0 Å². The van der Waals surface area contributed by atoms with Crippen LogP contribution in [0.3, 0.4) is 0 Å². The largest absolute Gasteiger partial charge is 0.354 e. The molecule has 1 atom stereocenters. The molecule has 1 aliphatic heterocycles. The van der Waals surface area contributed by atoms with Crippen LogP contribution in [0.15, 0.2) is 18.2 Å². The van der Waals surface area contributed by atoms with E-state index in [0.717, 1.165) is 0 Å². The minimum atomic E-state index is -0.320. The predicted octanol–water partition coefficient (Wildman–Crippen LogP) is 1.61. The van der Waals surface area contributed by atoms with Crippen LogP contribution < -0.4 is 10.6 Å². The summed E-state index contributed by atoms with van der Waals surface area (Å²) < 4.78 is 0. The Morgan fingerprint density at radius 3 is 2.82 bits per heavy atom. The highest BCUT2D eigenvalue weighted by Gasteiger charge is 2.24. The Hall–Kier alpha value is -1.26. The fourth-order valence-electron chi connectivity index (χ4n) is 1.64. The van der Waals surface area contributed by atoms with Crippen molar-refractivity contribution in [3.05, 3.63) is 33.8 Å². The van der Waals surface area contributed by atoms with E-state index >= 15 is 0 Å². The van der Waals surface area contributed by atoms with Gasteiger partial charge in [-0.1, -0.05) is 23.2 Å². The quantitative estimate of drug-likeness (QED) is 0.860. The Morgan fingerprint density at radius 2 is 2.18 bits per heavy atom.